The Labute approximate surface area is 260 Å². The zero-order valence-electron chi connectivity index (χ0n) is 22.8. The lowest BCUT2D eigenvalue weighted by molar-refractivity contribution is -0.697. The average Bonchev–Trinajstić information content (AvgIpc) is 2.96. The Hall–Kier alpha value is -3.80. The van der Waals surface area contributed by atoms with Gasteiger partial charge in [-0.3, -0.25) is 14.4 Å². The number of unbranched alkanes of at least 4 members (excludes halogenated alkanes) is 1. The normalized spacial score (nSPS) is 10.8. The van der Waals surface area contributed by atoms with E-state index in [0.29, 0.717) is 28.3 Å². The molecule has 4 aromatic rings. The Morgan fingerprint density at radius 1 is 0.762 bits per heavy atom. The van der Waals surface area contributed by atoms with Gasteiger partial charge >= 0.3 is 0 Å². The molecule has 2 N–H and O–H groups in total. The number of pyridine rings is 1. The van der Waals surface area contributed by atoms with E-state index in [2.05, 4.69) is 15.2 Å². The molecule has 0 atom stereocenters. The van der Waals surface area contributed by atoms with Crippen molar-refractivity contribution < 1.29 is 44.3 Å². The van der Waals surface area contributed by atoms with Crippen molar-refractivity contribution >= 4 is 49.9 Å². The van der Waals surface area contributed by atoms with Crippen LogP contribution in [0, 0.1) is 0 Å². The molecule has 218 valence electrons. The summed E-state index contributed by atoms with van der Waals surface area (Å²) >= 11 is 1.03. The molecule has 0 fully saturated rings. The number of halogens is 1. The van der Waals surface area contributed by atoms with Gasteiger partial charge in [0.25, 0.3) is 5.91 Å². The van der Waals surface area contributed by atoms with E-state index in [1.807, 2.05) is 30.6 Å². The smallest absolute Gasteiger partial charge is 0.256 e. The first-order valence-electron chi connectivity index (χ1n) is 13.0. The molecule has 0 unspecified atom stereocenters. The summed E-state index contributed by atoms with van der Waals surface area (Å²) in [4.78, 5) is 37.8. The second kappa shape index (κ2) is 15.4. The summed E-state index contributed by atoms with van der Waals surface area (Å²) in [7, 11) is -3.93. The van der Waals surface area contributed by atoms with E-state index in [-0.39, 0.29) is 37.8 Å². The molecule has 3 aromatic carbocycles. The summed E-state index contributed by atoms with van der Waals surface area (Å²) in [5.41, 5.74) is 0.974. The van der Waals surface area contributed by atoms with Crippen LogP contribution in [0.4, 0.5) is 11.4 Å². The fourth-order valence-electron chi connectivity index (χ4n) is 4.08. The van der Waals surface area contributed by atoms with Crippen LogP contribution in [0.2, 0.25) is 0 Å². The lowest BCUT2D eigenvalue weighted by Crippen LogP contribution is -3.00. The van der Waals surface area contributed by atoms with Crippen LogP contribution in [0.25, 0.3) is 0 Å². The highest BCUT2D eigenvalue weighted by atomic mass is 79.9. The van der Waals surface area contributed by atoms with Gasteiger partial charge < -0.3 is 27.6 Å². The van der Waals surface area contributed by atoms with Gasteiger partial charge in [-0.15, -0.1) is 0 Å². The number of amides is 2. The van der Waals surface area contributed by atoms with Gasteiger partial charge in [-0.2, -0.15) is 0 Å². The molecule has 2 amide bonds. The Balaban J connectivity index is 0.00000484. The summed E-state index contributed by atoms with van der Waals surface area (Å²) in [6.07, 6.45) is 5.96. The standard InChI is InChI=1S/C31H29N3O5S2.BrH/c1-23(35)32-24-11-9-13-26(21-24)41(38,39)27-14-10-12-25(22-27)33-31(37)28-15-3-4-16-29(28)40-30(36)17-5-8-20-34-18-6-2-7-19-34;/h2-4,6-7,9-16,18-19,21-22H,5,8,17,20H2,1H3,(H-,32,33,35,37);1H. The first-order valence-corrected chi connectivity index (χ1v) is 15.3. The minimum Gasteiger partial charge on any atom is -1.00 e. The molecule has 0 saturated carbocycles. The number of rotatable bonds is 11. The van der Waals surface area contributed by atoms with Crippen LogP contribution in [-0.2, 0) is 26.0 Å². The van der Waals surface area contributed by atoms with Gasteiger partial charge in [-0.1, -0.05) is 42.1 Å². The predicted octanol–water partition coefficient (Wildman–Crippen LogP) is 2.51. The Morgan fingerprint density at radius 2 is 1.38 bits per heavy atom. The molecule has 1 heterocycles. The fourth-order valence-corrected chi connectivity index (χ4v) is 6.34. The maximum Gasteiger partial charge on any atom is 0.256 e. The van der Waals surface area contributed by atoms with Crippen LogP contribution in [0.1, 0.15) is 36.5 Å². The Morgan fingerprint density at radius 3 is 2.02 bits per heavy atom. The van der Waals surface area contributed by atoms with E-state index in [9.17, 15) is 22.8 Å². The van der Waals surface area contributed by atoms with Crippen molar-refractivity contribution in [2.75, 3.05) is 10.6 Å². The first-order chi connectivity index (χ1) is 19.7. The van der Waals surface area contributed by atoms with E-state index in [4.69, 9.17) is 0 Å². The van der Waals surface area contributed by atoms with Crippen LogP contribution < -0.4 is 32.2 Å². The van der Waals surface area contributed by atoms with Crippen molar-refractivity contribution in [2.24, 2.45) is 0 Å². The SMILES string of the molecule is CC(=O)Nc1cccc(S(=O)(=O)c2cccc(NC(=O)c3ccccc3SC(=O)CCCC[n+]3ccccc3)c2)c1.[Br-]. The van der Waals surface area contributed by atoms with Crippen LogP contribution in [0.3, 0.4) is 0 Å². The molecule has 42 heavy (non-hydrogen) atoms. The topological polar surface area (TPSA) is 113 Å². The largest absolute Gasteiger partial charge is 1.00 e. The van der Waals surface area contributed by atoms with Gasteiger partial charge in [-0.25, -0.2) is 13.0 Å². The molecular weight excluding hydrogens is 638 g/mol. The number of carbonyl (C=O) groups excluding carboxylic acids is 3. The van der Waals surface area contributed by atoms with Crippen molar-refractivity contribution in [3.63, 3.8) is 0 Å². The third-order valence-corrected chi connectivity index (χ3v) is 8.80. The van der Waals surface area contributed by atoms with Crippen LogP contribution >= 0.6 is 11.8 Å². The van der Waals surface area contributed by atoms with E-state index >= 15 is 0 Å². The van der Waals surface area contributed by atoms with Crippen molar-refractivity contribution in [2.45, 2.75) is 47.4 Å². The maximum atomic E-state index is 13.3. The summed E-state index contributed by atoms with van der Waals surface area (Å²) in [5.74, 6) is -0.768. The summed E-state index contributed by atoms with van der Waals surface area (Å²) < 4.78 is 28.6. The zero-order chi connectivity index (χ0) is 29.2. The van der Waals surface area contributed by atoms with Crippen LogP contribution in [0.5, 0.6) is 0 Å². The molecule has 0 radical (unpaired) electrons. The second-order valence-electron chi connectivity index (χ2n) is 9.24. The van der Waals surface area contributed by atoms with Crippen molar-refractivity contribution in [3.05, 3.63) is 109 Å². The molecule has 8 nitrogen and oxygen atoms in total. The Bertz CT molecular complexity index is 1660. The van der Waals surface area contributed by atoms with Gasteiger partial charge in [-0.05, 0) is 55.0 Å². The molecular formula is C31H30BrN3O5S2. The molecule has 0 aliphatic carbocycles. The van der Waals surface area contributed by atoms with Gasteiger partial charge in [0, 0.05) is 48.2 Å². The van der Waals surface area contributed by atoms with Crippen molar-refractivity contribution in [1.82, 2.24) is 0 Å². The summed E-state index contributed by atoms with van der Waals surface area (Å²) in [6.45, 7) is 2.17. The highest BCUT2D eigenvalue weighted by Gasteiger charge is 2.20. The predicted molar refractivity (Wildman–Crippen MR) is 158 cm³/mol. The third kappa shape index (κ3) is 9.10. The van der Waals surface area contributed by atoms with Gasteiger partial charge in [0.1, 0.15) is 6.54 Å². The molecule has 0 bridgehead atoms. The molecule has 0 aliphatic heterocycles. The molecule has 1 aromatic heterocycles. The number of anilines is 2. The molecule has 0 aliphatic rings. The third-order valence-electron chi connectivity index (χ3n) is 6.05. The number of thioether (sulfide) groups is 1. The average molecular weight is 669 g/mol. The molecule has 4 rings (SSSR count). The molecule has 0 saturated heterocycles. The fraction of sp³-hybridized carbons (Fsp3) is 0.161. The summed E-state index contributed by atoms with van der Waals surface area (Å²) in [5, 5.41) is 5.30. The number of carbonyl (C=O) groups is 3. The number of benzene rings is 3. The number of aromatic nitrogens is 1. The van der Waals surface area contributed by atoms with Crippen LogP contribution in [0.15, 0.2) is 118 Å². The minimum absolute atomic E-state index is 0. The summed E-state index contributed by atoms with van der Waals surface area (Å²) in [6, 6.07) is 24.6. The second-order valence-corrected chi connectivity index (χ2v) is 12.3. The first kappa shape index (κ1) is 32.7. The van der Waals surface area contributed by atoms with Crippen molar-refractivity contribution in [1.29, 1.82) is 0 Å². The van der Waals surface area contributed by atoms with E-state index < -0.39 is 15.7 Å². The number of hydrogen-bond acceptors (Lipinski definition) is 6. The van der Waals surface area contributed by atoms with E-state index in [0.717, 1.165) is 31.1 Å². The van der Waals surface area contributed by atoms with E-state index in [1.165, 1.54) is 37.3 Å². The highest BCUT2D eigenvalue weighted by molar-refractivity contribution is 8.13. The number of hydrogen-bond donors (Lipinski definition) is 2. The minimum atomic E-state index is -3.93. The zero-order valence-corrected chi connectivity index (χ0v) is 26.0. The van der Waals surface area contributed by atoms with E-state index in [1.54, 1.807) is 42.5 Å². The lowest BCUT2D eigenvalue weighted by Gasteiger charge is -2.11. The monoisotopic (exact) mass is 667 g/mol. The molecule has 11 heteroatoms. The lowest BCUT2D eigenvalue weighted by atomic mass is 10.2. The van der Waals surface area contributed by atoms with Gasteiger partial charge in [0.05, 0.1) is 15.4 Å². The highest BCUT2D eigenvalue weighted by Crippen LogP contribution is 2.28. The molecule has 0 spiro atoms. The van der Waals surface area contributed by atoms with Gasteiger partial charge in [0.2, 0.25) is 15.7 Å². The quantitative estimate of drug-likeness (QED) is 0.144. The Kier molecular flexibility index (Phi) is 12.0. The number of nitrogens with zero attached hydrogens (tertiary/aromatic N) is 1. The maximum absolute atomic E-state index is 13.3. The number of sulfone groups is 1. The van der Waals surface area contributed by atoms with Crippen molar-refractivity contribution in [3.8, 4) is 0 Å². The number of aryl methyl sites for hydroxylation is 1. The number of nitrogens with one attached hydrogen (secondary N) is 2. The van der Waals surface area contributed by atoms with Gasteiger partial charge in [0.15, 0.2) is 17.5 Å². The van der Waals surface area contributed by atoms with Crippen LogP contribution in [-0.4, -0.2) is 25.3 Å².